The van der Waals surface area contributed by atoms with E-state index in [1.807, 2.05) is 6.07 Å². The summed E-state index contributed by atoms with van der Waals surface area (Å²) in [6.07, 6.45) is -2.62. The summed E-state index contributed by atoms with van der Waals surface area (Å²) < 4.78 is 51.6. The highest BCUT2D eigenvalue weighted by molar-refractivity contribution is 7.91. The van der Waals surface area contributed by atoms with Crippen molar-refractivity contribution in [3.8, 4) is 6.07 Å². The van der Waals surface area contributed by atoms with Gasteiger partial charge in [0.25, 0.3) is 6.43 Å². The first-order chi connectivity index (χ1) is 8.45. The summed E-state index contributed by atoms with van der Waals surface area (Å²) in [6, 6.07) is 7.34. The van der Waals surface area contributed by atoms with Crippen molar-refractivity contribution in [2.75, 3.05) is 19.0 Å². The van der Waals surface area contributed by atoms with E-state index in [4.69, 9.17) is 5.26 Å². The van der Waals surface area contributed by atoms with Gasteiger partial charge >= 0.3 is 0 Å². The molecule has 0 spiro atoms. The van der Waals surface area contributed by atoms with Gasteiger partial charge < -0.3 is 4.74 Å². The molecular weight excluding hydrogens is 264 g/mol. The zero-order valence-corrected chi connectivity index (χ0v) is 10.2. The molecule has 0 fully saturated rings. The first kappa shape index (κ1) is 14.5. The van der Waals surface area contributed by atoms with E-state index in [2.05, 4.69) is 4.74 Å². The molecule has 0 bridgehead atoms. The van der Waals surface area contributed by atoms with E-state index < -0.39 is 28.6 Å². The number of ether oxygens (including phenoxy) is 1. The third-order valence-corrected chi connectivity index (χ3v) is 3.74. The number of nitrogens with zero attached hydrogens (tertiary/aromatic N) is 1. The maximum Gasteiger partial charge on any atom is 0.261 e. The Morgan fingerprint density at radius 2 is 2.11 bits per heavy atom. The van der Waals surface area contributed by atoms with Gasteiger partial charge in [0.2, 0.25) is 0 Å². The van der Waals surface area contributed by atoms with Crippen molar-refractivity contribution in [1.29, 1.82) is 5.26 Å². The smallest absolute Gasteiger partial charge is 0.261 e. The van der Waals surface area contributed by atoms with E-state index in [1.54, 1.807) is 0 Å². The number of hydrogen-bond acceptors (Lipinski definition) is 4. The minimum absolute atomic E-state index is 0.0119. The van der Waals surface area contributed by atoms with E-state index in [-0.39, 0.29) is 17.1 Å². The highest BCUT2D eigenvalue weighted by Gasteiger charge is 2.15. The van der Waals surface area contributed by atoms with Gasteiger partial charge in [-0.25, -0.2) is 17.2 Å². The van der Waals surface area contributed by atoms with E-state index in [9.17, 15) is 17.2 Å². The lowest BCUT2D eigenvalue weighted by Gasteiger charge is -2.05. The second-order valence-electron chi connectivity index (χ2n) is 3.42. The molecule has 18 heavy (non-hydrogen) atoms. The van der Waals surface area contributed by atoms with Crippen molar-refractivity contribution in [2.24, 2.45) is 0 Å². The highest BCUT2D eigenvalue weighted by atomic mass is 32.2. The van der Waals surface area contributed by atoms with Gasteiger partial charge in [-0.3, -0.25) is 0 Å². The minimum Gasteiger partial charge on any atom is -0.374 e. The van der Waals surface area contributed by atoms with Crippen LogP contribution in [0.4, 0.5) is 8.78 Å². The molecule has 0 saturated carbocycles. The number of sulfone groups is 1. The molecule has 0 atom stereocenters. The number of benzene rings is 1. The predicted octanol–water partition coefficient (Wildman–Crippen LogP) is 1.61. The Labute approximate surface area is 104 Å². The van der Waals surface area contributed by atoms with E-state index in [0.717, 1.165) is 0 Å². The summed E-state index contributed by atoms with van der Waals surface area (Å²) in [4.78, 5) is -0.0119. The lowest BCUT2D eigenvalue weighted by molar-refractivity contribution is 0.0234. The maximum atomic E-state index is 11.8. The number of rotatable bonds is 6. The van der Waals surface area contributed by atoms with Gasteiger partial charge in [0.1, 0.15) is 6.61 Å². The fraction of sp³-hybridized carbons (Fsp3) is 0.364. The molecule has 1 aromatic carbocycles. The Kier molecular flexibility index (Phi) is 5.19. The van der Waals surface area contributed by atoms with Crippen molar-refractivity contribution in [2.45, 2.75) is 11.3 Å². The molecule has 0 aromatic heterocycles. The zero-order valence-electron chi connectivity index (χ0n) is 9.34. The third-order valence-electron chi connectivity index (χ3n) is 2.06. The average molecular weight is 275 g/mol. The van der Waals surface area contributed by atoms with Gasteiger partial charge in [0, 0.05) is 0 Å². The van der Waals surface area contributed by atoms with Gasteiger partial charge in [-0.15, -0.1) is 0 Å². The van der Waals surface area contributed by atoms with Crippen LogP contribution in [0.3, 0.4) is 0 Å². The maximum absolute atomic E-state index is 11.8. The van der Waals surface area contributed by atoms with Crippen molar-refractivity contribution in [3.05, 3.63) is 29.8 Å². The van der Waals surface area contributed by atoms with Gasteiger partial charge in [-0.1, -0.05) is 6.07 Å². The molecule has 7 heteroatoms. The topological polar surface area (TPSA) is 67.2 Å². The van der Waals surface area contributed by atoms with E-state index in [0.29, 0.717) is 0 Å². The van der Waals surface area contributed by atoms with Crippen LogP contribution < -0.4 is 0 Å². The zero-order chi connectivity index (χ0) is 13.6. The first-order valence-electron chi connectivity index (χ1n) is 5.04. The van der Waals surface area contributed by atoms with Crippen LogP contribution in [-0.2, 0) is 14.6 Å². The molecule has 0 aliphatic carbocycles. The highest BCUT2D eigenvalue weighted by Crippen LogP contribution is 2.12. The van der Waals surface area contributed by atoms with Crippen LogP contribution in [-0.4, -0.2) is 33.8 Å². The summed E-state index contributed by atoms with van der Waals surface area (Å²) >= 11 is 0. The number of halogens is 2. The third kappa shape index (κ3) is 4.39. The van der Waals surface area contributed by atoms with Gasteiger partial charge in [-0.05, 0) is 18.2 Å². The summed E-state index contributed by atoms with van der Waals surface area (Å²) in [5.74, 6) is -0.394. The molecule has 0 unspecified atom stereocenters. The second kappa shape index (κ2) is 6.42. The summed E-state index contributed by atoms with van der Waals surface area (Å²) in [5, 5.41) is 8.65. The Bertz CT molecular complexity index is 537. The molecule has 0 N–H and O–H groups in total. The average Bonchev–Trinajstić information content (AvgIpc) is 2.34. The molecular formula is C11H11F2NO3S. The number of hydrogen-bond donors (Lipinski definition) is 0. The van der Waals surface area contributed by atoms with Crippen LogP contribution in [0.5, 0.6) is 0 Å². The van der Waals surface area contributed by atoms with Crippen LogP contribution in [0.15, 0.2) is 29.2 Å². The van der Waals surface area contributed by atoms with Crippen molar-refractivity contribution >= 4 is 9.84 Å². The van der Waals surface area contributed by atoms with Crippen LogP contribution >= 0.6 is 0 Å². The van der Waals surface area contributed by atoms with Crippen molar-refractivity contribution < 1.29 is 21.9 Å². The van der Waals surface area contributed by atoms with Crippen molar-refractivity contribution in [1.82, 2.24) is 0 Å². The van der Waals surface area contributed by atoms with Crippen molar-refractivity contribution in [3.63, 3.8) is 0 Å². The molecule has 0 amide bonds. The Morgan fingerprint density at radius 3 is 2.72 bits per heavy atom. The number of alkyl halides is 2. The minimum atomic E-state index is -3.61. The van der Waals surface area contributed by atoms with Gasteiger partial charge in [0.15, 0.2) is 9.84 Å². The first-order valence-corrected chi connectivity index (χ1v) is 6.70. The second-order valence-corrected chi connectivity index (χ2v) is 5.53. The lowest BCUT2D eigenvalue weighted by atomic mass is 10.2. The lowest BCUT2D eigenvalue weighted by Crippen LogP contribution is -2.15. The standard InChI is InChI=1S/C11H11F2NO3S/c12-11(13)8-17-4-5-18(15,16)10-3-1-2-9(6-10)7-14/h1-3,6,11H,4-5,8H2. The fourth-order valence-electron chi connectivity index (χ4n) is 1.22. The monoisotopic (exact) mass is 275 g/mol. The van der Waals surface area contributed by atoms with Gasteiger partial charge in [0.05, 0.1) is 28.9 Å². The van der Waals surface area contributed by atoms with Crippen LogP contribution in [0.25, 0.3) is 0 Å². The molecule has 0 aliphatic rings. The number of nitriles is 1. The summed E-state index contributed by atoms with van der Waals surface area (Å²) in [7, 11) is -3.61. The molecule has 1 aromatic rings. The predicted molar refractivity (Wildman–Crippen MR) is 60.0 cm³/mol. The molecule has 1 rings (SSSR count). The Hall–Kier alpha value is -1.52. The largest absolute Gasteiger partial charge is 0.374 e. The molecule has 0 saturated heterocycles. The van der Waals surface area contributed by atoms with Gasteiger partial charge in [-0.2, -0.15) is 5.26 Å². The normalized spacial score (nSPS) is 11.4. The summed E-state index contributed by atoms with van der Waals surface area (Å²) in [5.41, 5.74) is 0.226. The van der Waals surface area contributed by atoms with E-state index in [1.165, 1.54) is 24.3 Å². The summed E-state index contributed by atoms with van der Waals surface area (Å²) in [6.45, 7) is -1.09. The molecule has 0 heterocycles. The van der Waals surface area contributed by atoms with Crippen LogP contribution in [0, 0.1) is 11.3 Å². The van der Waals surface area contributed by atoms with Crippen LogP contribution in [0.2, 0.25) is 0 Å². The Morgan fingerprint density at radius 1 is 1.39 bits per heavy atom. The SMILES string of the molecule is N#Cc1cccc(S(=O)(=O)CCOCC(F)F)c1. The van der Waals surface area contributed by atoms with E-state index >= 15 is 0 Å². The molecule has 98 valence electrons. The molecule has 0 radical (unpaired) electrons. The molecule has 0 aliphatic heterocycles. The quantitative estimate of drug-likeness (QED) is 0.740. The molecule has 4 nitrogen and oxygen atoms in total. The fourth-order valence-corrected chi connectivity index (χ4v) is 2.38. The Balaban J connectivity index is 2.66. The van der Waals surface area contributed by atoms with Crippen LogP contribution in [0.1, 0.15) is 5.56 Å².